The molecule has 4 nitrogen and oxygen atoms in total. The lowest BCUT2D eigenvalue weighted by atomic mass is 10.1. The maximum Gasteiger partial charge on any atom is 0.182 e. The van der Waals surface area contributed by atoms with E-state index in [1.165, 1.54) is 17.1 Å². The Balaban J connectivity index is 2.11. The number of pyridine rings is 1. The van der Waals surface area contributed by atoms with E-state index >= 15 is 0 Å². The summed E-state index contributed by atoms with van der Waals surface area (Å²) < 4.78 is 3.83. The van der Waals surface area contributed by atoms with Gasteiger partial charge in [-0.1, -0.05) is 24.4 Å². The predicted molar refractivity (Wildman–Crippen MR) is 70.9 cm³/mol. The van der Waals surface area contributed by atoms with Crippen LogP contribution in [0.4, 0.5) is 0 Å². The summed E-state index contributed by atoms with van der Waals surface area (Å²) in [4.78, 5) is 17.1. The minimum Gasteiger partial charge on any atom is -0.293 e. The van der Waals surface area contributed by atoms with Gasteiger partial charge in [-0.05, 0) is 36.0 Å². The van der Waals surface area contributed by atoms with Gasteiger partial charge in [-0.25, -0.2) is 0 Å². The van der Waals surface area contributed by atoms with Crippen LogP contribution < -0.4 is 0 Å². The smallest absolute Gasteiger partial charge is 0.182 e. The van der Waals surface area contributed by atoms with E-state index in [0.717, 1.165) is 24.2 Å². The molecule has 0 atom stereocenters. The quantitative estimate of drug-likeness (QED) is 0.776. The number of ketones is 1. The highest BCUT2D eigenvalue weighted by Crippen LogP contribution is 2.14. The van der Waals surface area contributed by atoms with Gasteiger partial charge >= 0.3 is 0 Å². The van der Waals surface area contributed by atoms with Gasteiger partial charge in [0.25, 0.3) is 0 Å². The molecule has 0 saturated heterocycles. The average molecular weight is 261 g/mol. The van der Waals surface area contributed by atoms with E-state index in [9.17, 15) is 4.79 Å². The summed E-state index contributed by atoms with van der Waals surface area (Å²) in [5.41, 5.74) is 2.77. The van der Waals surface area contributed by atoms with E-state index in [1.807, 2.05) is 25.3 Å². The van der Waals surface area contributed by atoms with Crippen molar-refractivity contribution in [2.75, 3.05) is 0 Å². The zero-order chi connectivity index (χ0) is 13.0. The topological polar surface area (TPSA) is 55.7 Å². The molecular formula is C13H15N3OS. The second kappa shape index (κ2) is 5.82. The number of nitrogens with zero attached hydrogens (tertiary/aromatic N) is 3. The van der Waals surface area contributed by atoms with Gasteiger partial charge < -0.3 is 0 Å². The molecule has 0 unspecified atom stereocenters. The molecule has 0 radical (unpaired) electrons. The Bertz CT molecular complexity index is 533. The Kier molecular flexibility index (Phi) is 4.15. The van der Waals surface area contributed by atoms with Crippen LogP contribution in [-0.4, -0.2) is 20.4 Å². The molecular weight excluding hydrogens is 246 g/mol. The fourth-order valence-electron chi connectivity index (χ4n) is 1.67. The van der Waals surface area contributed by atoms with E-state index in [0.29, 0.717) is 11.3 Å². The first-order valence-electron chi connectivity index (χ1n) is 6.02. The van der Waals surface area contributed by atoms with Crippen LogP contribution in [0.2, 0.25) is 0 Å². The number of carbonyl (C=O) groups is 1. The van der Waals surface area contributed by atoms with Gasteiger partial charge in [0.15, 0.2) is 5.78 Å². The number of hydrogen-bond acceptors (Lipinski definition) is 5. The van der Waals surface area contributed by atoms with Gasteiger partial charge in [0, 0.05) is 11.9 Å². The first kappa shape index (κ1) is 12.8. The van der Waals surface area contributed by atoms with Gasteiger partial charge in [-0.15, -0.1) is 5.10 Å². The summed E-state index contributed by atoms with van der Waals surface area (Å²) in [6.45, 7) is 4.06. The van der Waals surface area contributed by atoms with Crippen LogP contribution in [-0.2, 0) is 19.3 Å². The number of hydrogen-bond donors (Lipinski definition) is 0. The number of carbonyl (C=O) groups excluding carboxylic acids is 1. The number of aromatic nitrogens is 3. The summed E-state index contributed by atoms with van der Waals surface area (Å²) in [5.74, 6) is 0.0543. The summed E-state index contributed by atoms with van der Waals surface area (Å²) in [5, 5.41) is 3.95. The molecule has 0 aromatic carbocycles. The van der Waals surface area contributed by atoms with E-state index in [1.54, 1.807) is 0 Å². The predicted octanol–water partition coefficient (Wildman–Crippen LogP) is 2.48. The van der Waals surface area contributed by atoms with Crippen molar-refractivity contribution in [1.82, 2.24) is 14.6 Å². The van der Waals surface area contributed by atoms with E-state index in [4.69, 9.17) is 0 Å². The Labute approximate surface area is 110 Å². The molecule has 94 valence electrons. The molecule has 0 fully saturated rings. The minimum atomic E-state index is 0.0543. The lowest BCUT2D eigenvalue weighted by Gasteiger charge is -2.01. The highest BCUT2D eigenvalue weighted by Gasteiger charge is 2.15. The zero-order valence-electron chi connectivity index (χ0n) is 10.5. The Morgan fingerprint density at radius 2 is 2.11 bits per heavy atom. The normalized spacial score (nSPS) is 10.6. The van der Waals surface area contributed by atoms with Crippen molar-refractivity contribution in [2.45, 2.75) is 33.1 Å². The molecule has 0 bridgehead atoms. The summed E-state index contributed by atoms with van der Waals surface area (Å²) >= 11 is 1.17. The van der Waals surface area contributed by atoms with Crippen molar-refractivity contribution in [3.05, 3.63) is 40.2 Å². The zero-order valence-corrected chi connectivity index (χ0v) is 11.3. The fourth-order valence-corrected chi connectivity index (χ4v) is 2.35. The summed E-state index contributed by atoms with van der Waals surface area (Å²) in [7, 11) is 0. The van der Waals surface area contributed by atoms with Gasteiger partial charge in [0.1, 0.15) is 4.88 Å². The van der Waals surface area contributed by atoms with Crippen molar-refractivity contribution in [2.24, 2.45) is 0 Å². The van der Waals surface area contributed by atoms with E-state index < -0.39 is 0 Å². The molecule has 2 heterocycles. The van der Waals surface area contributed by atoms with Gasteiger partial charge in [-0.2, -0.15) is 0 Å². The summed E-state index contributed by atoms with van der Waals surface area (Å²) in [6.07, 6.45) is 3.84. The van der Waals surface area contributed by atoms with Crippen molar-refractivity contribution < 1.29 is 4.79 Å². The largest absolute Gasteiger partial charge is 0.293 e. The number of aryl methyl sites for hydroxylation is 2. The third kappa shape index (κ3) is 2.79. The number of Topliss-reactive ketones (excluding diaryl/α,β-unsaturated/α-hetero) is 1. The van der Waals surface area contributed by atoms with Crippen LogP contribution in [0.1, 0.15) is 40.5 Å². The highest BCUT2D eigenvalue weighted by atomic mass is 32.1. The Morgan fingerprint density at radius 1 is 1.28 bits per heavy atom. The minimum absolute atomic E-state index is 0.0543. The molecule has 0 aliphatic heterocycles. The van der Waals surface area contributed by atoms with Crippen LogP contribution in [0.5, 0.6) is 0 Å². The molecule has 2 rings (SSSR count). The molecule has 0 aliphatic carbocycles. The second-order valence-corrected chi connectivity index (χ2v) is 4.77. The van der Waals surface area contributed by atoms with Crippen LogP contribution in [0.3, 0.4) is 0 Å². The first-order chi connectivity index (χ1) is 8.74. The molecule has 0 aliphatic rings. The maximum atomic E-state index is 12.1. The molecule has 0 spiro atoms. The van der Waals surface area contributed by atoms with Crippen molar-refractivity contribution in [3.8, 4) is 0 Å². The number of rotatable bonds is 5. The lowest BCUT2D eigenvalue weighted by Crippen LogP contribution is -2.06. The maximum absolute atomic E-state index is 12.1. The highest BCUT2D eigenvalue weighted by molar-refractivity contribution is 7.08. The second-order valence-electron chi connectivity index (χ2n) is 4.01. The molecule has 0 amide bonds. The molecule has 5 heteroatoms. The summed E-state index contributed by atoms with van der Waals surface area (Å²) in [6, 6.07) is 3.93. The monoisotopic (exact) mass is 261 g/mol. The molecule has 18 heavy (non-hydrogen) atoms. The Morgan fingerprint density at radius 3 is 2.72 bits per heavy atom. The van der Waals surface area contributed by atoms with Crippen molar-refractivity contribution >= 4 is 17.3 Å². The molecule has 2 aromatic heterocycles. The van der Waals surface area contributed by atoms with Gasteiger partial charge in [-0.3, -0.25) is 9.78 Å². The first-order valence-corrected chi connectivity index (χ1v) is 6.80. The molecule has 0 N–H and O–H groups in total. The van der Waals surface area contributed by atoms with Crippen molar-refractivity contribution in [3.63, 3.8) is 0 Å². The Hall–Kier alpha value is -1.62. The van der Waals surface area contributed by atoms with Gasteiger partial charge in [0.05, 0.1) is 12.1 Å². The van der Waals surface area contributed by atoms with Crippen LogP contribution >= 0.6 is 11.5 Å². The van der Waals surface area contributed by atoms with Crippen molar-refractivity contribution in [1.29, 1.82) is 0 Å². The molecule has 0 saturated carbocycles. The fraction of sp³-hybridized carbons (Fsp3) is 0.385. The average Bonchev–Trinajstić information content (AvgIpc) is 2.88. The SMILES string of the molecule is CCc1ccc(CC(=O)c2snnc2CC)nc1. The third-order valence-corrected chi connectivity index (χ3v) is 3.59. The van der Waals surface area contributed by atoms with Crippen LogP contribution in [0.15, 0.2) is 18.3 Å². The lowest BCUT2D eigenvalue weighted by molar-refractivity contribution is 0.0995. The van der Waals surface area contributed by atoms with Crippen LogP contribution in [0.25, 0.3) is 0 Å². The van der Waals surface area contributed by atoms with E-state index in [2.05, 4.69) is 21.5 Å². The third-order valence-electron chi connectivity index (χ3n) is 2.78. The van der Waals surface area contributed by atoms with E-state index in [-0.39, 0.29) is 5.78 Å². The molecule has 2 aromatic rings. The van der Waals surface area contributed by atoms with Crippen LogP contribution in [0, 0.1) is 0 Å². The van der Waals surface area contributed by atoms with Gasteiger partial charge in [0.2, 0.25) is 0 Å². The standard InChI is InChI=1S/C13H15N3OS/c1-3-9-5-6-10(14-8-9)7-12(17)13-11(4-2)15-16-18-13/h5-6,8H,3-4,7H2,1-2H3.